The van der Waals surface area contributed by atoms with E-state index in [9.17, 15) is 9.18 Å². The molecule has 0 aliphatic rings. The van der Waals surface area contributed by atoms with E-state index in [4.69, 9.17) is 4.74 Å². The van der Waals surface area contributed by atoms with Gasteiger partial charge in [-0.05, 0) is 36.2 Å². The lowest BCUT2D eigenvalue weighted by Crippen LogP contribution is -2.27. The molecule has 0 aliphatic heterocycles. The van der Waals surface area contributed by atoms with Crippen molar-refractivity contribution in [3.63, 3.8) is 0 Å². The molecule has 2 aromatic rings. The number of methoxy groups -OCH3 is 1. The Labute approximate surface area is 124 Å². The second-order valence-electron chi connectivity index (χ2n) is 4.93. The van der Waals surface area contributed by atoms with Gasteiger partial charge in [0.2, 0.25) is 0 Å². The fraction of sp³-hybridized carbons (Fsp3) is 0.235. The molecule has 0 spiro atoms. The number of hydrogen-bond acceptors (Lipinski definition) is 2. The van der Waals surface area contributed by atoms with Crippen LogP contribution in [0.3, 0.4) is 0 Å². The molecule has 3 nitrogen and oxygen atoms in total. The van der Waals surface area contributed by atoms with Crippen LogP contribution in [-0.2, 0) is 6.54 Å². The highest BCUT2D eigenvalue weighted by molar-refractivity contribution is 5.96. The second-order valence-corrected chi connectivity index (χ2v) is 4.93. The number of benzene rings is 2. The van der Waals surface area contributed by atoms with E-state index >= 15 is 0 Å². The average molecular weight is 287 g/mol. The summed E-state index contributed by atoms with van der Waals surface area (Å²) < 4.78 is 18.5. The molecule has 0 saturated heterocycles. The van der Waals surface area contributed by atoms with Crippen molar-refractivity contribution >= 4 is 5.91 Å². The molecule has 0 fully saturated rings. The van der Waals surface area contributed by atoms with Crippen molar-refractivity contribution in [2.45, 2.75) is 13.5 Å². The normalized spacial score (nSPS) is 10.3. The fourth-order valence-corrected chi connectivity index (χ4v) is 2.17. The van der Waals surface area contributed by atoms with Crippen LogP contribution >= 0.6 is 0 Å². The molecule has 2 rings (SSSR count). The van der Waals surface area contributed by atoms with Crippen molar-refractivity contribution in [2.75, 3.05) is 14.2 Å². The predicted octanol–water partition coefficient (Wildman–Crippen LogP) is 3.41. The van der Waals surface area contributed by atoms with E-state index in [0.717, 1.165) is 11.1 Å². The summed E-state index contributed by atoms with van der Waals surface area (Å²) in [5.74, 6) is -0.351. The summed E-state index contributed by atoms with van der Waals surface area (Å²) in [7, 11) is 3.16. The number of nitrogens with zero attached hydrogens (tertiary/aromatic N) is 1. The highest BCUT2D eigenvalue weighted by Crippen LogP contribution is 2.21. The van der Waals surface area contributed by atoms with E-state index in [0.29, 0.717) is 12.3 Å². The zero-order valence-corrected chi connectivity index (χ0v) is 12.4. The Morgan fingerprint density at radius 1 is 1.24 bits per heavy atom. The first kappa shape index (κ1) is 15.0. The van der Waals surface area contributed by atoms with Crippen LogP contribution in [0.2, 0.25) is 0 Å². The zero-order valence-electron chi connectivity index (χ0n) is 12.4. The summed E-state index contributed by atoms with van der Waals surface area (Å²) in [4.78, 5) is 14.0. The van der Waals surface area contributed by atoms with Crippen molar-refractivity contribution < 1.29 is 13.9 Å². The Kier molecular flexibility index (Phi) is 4.58. The minimum Gasteiger partial charge on any atom is -0.496 e. The summed E-state index contributed by atoms with van der Waals surface area (Å²) in [5, 5.41) is 0. The van der Waals surface area contributed by atoms with Crippen molar-refractivity contribution in [3.05, 3.63) is 65.0 Å². The van der Waals surface area contributed by atoms with Gasteiger partial charge in [0.1, 0.15) is 11.6 Å². The van der Waals surface area contributed by atoms with Gasteiger partial charge in [-0.1, -0.05) is 24.3 Å². The Morgan fingerprint density at radius 2 is 1.95 bits per heavy atom. The molecule has 0 N–H and O–H groups in total. The molecular weight excluding hydrogens is 269 g/mol. The number of rotatable bonds is 4. The Hall–Kier alpha value is -2.36. The molecule has 1 amide bonds. The summed E-state index contributed by atoms with van der Waals surface area (Å²) >= 11 is 0. The average Bonchev–Trinajstić information content (AvgIpc) is 2.48. The number of amides is 1. The predicted molar refractivity (Wildman–Crippen MR) is 79.9 cm³/mol. The molecule has 0 unspecified atom stereocenters. The Morgan fingerprint density at radius 3 is 2.62 bits per heavy atom. The van der Waals surface area contributed by atoms with E-state index in [1.165, 1.54) is 25.3 Å². The van der Waals surface area contributed by atoms with Crippen LogP contribution in [0, 0.1) is 12.7 Å². The van der Waals surface area contributed by atoms with Crippen LogP contribution in [0.1, 0.15) is 21.5 Å². The van der Waals surface area contributed by atoms with E-state index < -0.39 is 5.82 Å². The third-order valence-electron chi connectivity index (χ3n) is 3.41. The van der Waals surface area contributed by atoms with Gasteiger partial charge in [-0.25, -0.2) is 4.39 Å². The zero-order chi connectivity index (χ0) is 15.4. The van der Waals surface area contributed by atoms with Crippen LogP contribution < -0.4 is 4.74 Å². The maximum atomic E-state index is 13.4. The van der Waals surface area contributed by atoms with Gasteiger partial charge in [0, 0.05) is 13.6 Å². The SMILES string of the molecule is COc1ccc(F)cc1C(=O)N(C)Cc1ccccc1C. The highest BCUT2D eigenvalue weighted by atomic mass is 19.1. The molecule has 2 aromatic carbocycles. The number of halogens is 1. The first-order valence-corrected chi connectivity index (χ1v) is 6.66. The molecule has 0 saturated carbocycles. The molecule has 110 valence electrons. The minimum atomic E-state index is -0.455. The summed E-state index contributed by atoms with van der Waals surface area (Å²) in [6.45, 7) is 2.46. The quantitative estimate of drug-likeness (QED) is 0.862. The van der Waals surface area contributed by atoms with Gasteiger partial charge in [-0.15, -0.1) is 0 Å². The molecule has 0 aliphatic carbocycles. The van der Waals surface area contributed by atoms with Gasteiger partial charge in [-0.3, -0.25) is 4.79 Å². The second kappa shape index (κ2) is 6.39. The third-order valence-corrected chi connectivity index (χ3v) is 3.41. The van der Waals surface area contributed by atoms with Crippen LogP contribution in [0.4, 0.5) is 4.39 Å². The van der Waals surface area contributed by atoms with Gasteiger partial charge >= 0.3 is 0 Å². The van der Waals surface area contributed by atoms with Crippen LogP contribution in [0.5, 0.6) is 5.75 Å². The maximum absolute atomic E-state index is 13.4. The summed E-state index contributed by atoms with van der Waals surface area (Å²) in [6.07, 6.45) is 0. The smallest absolute Gasteiger partial charge is 0.257 e. The largest absolute Gasteiger partial charge is 0.496 e. The Balaban J connectivity index is 2.24. The molecule has 21 heavy (non-hydrogen) atoms. The van der Waals surface area contributed by atoms with E-state index in [1.807, 2.05) is 31.2 Å². The number of ether oxygens (including phenoxy) is 1. The lowest BCUT2D eigenvalue weighted by atomic mass is 10.1. The molecular formula is C17H18FNO2. The molecule has 0 atom stereocenters. The third kappa shape index (κ3) is 3.40. The fourth-order valence-electron chi connectivity index (χ4n) is 2.17. The minimum absolute atomic E-state index is 0.230. The van der Waals surface area contributed by atoms with Crippen molar-refractivity contribution in [1.29, 1.82) is 0 Å². The van der Waals surface area contributed by atoms with Crippen molar-refractivity contribution in [1.82, 2.24) is 4.90 Å². The van der Waals surface area contributed by atoms with Crippen LogP contribution in [0.25, 0.3) is 0 Å². The van der Waals surface area contributed by atoms with Gasteiger partial charge in [-0.2, -0.15) is 0 Å². The maximum Gasteiger partial charge on any atom is 0.257 e. The lowest BCUT2D eigenvalue weighted by molar-refractivity contribution is 0.0781. The van der Waals surface area contributed by atoms with Gasteiger partial charge in [0.15, 0.2) is 0 Å². The molecule has 0 radical (unpaired) electrons. The molecule has 0 bridgehead atoms. The number of carbonyl (C=O) groups excluding carboxylic acids is 1. The van der Waals surface area contributed by atoms with Crippen LogP contribution in [-0.4, -0.2) is 25.0 Å². The molecule has 0 heterocycles. The van der Waals surface area contributed by atoms with Gasteiger partial charge < -0.3 is 9.64 Å². The standard InChI is InChI=1S/C17H18FNO2/c1-12-6-4-5-7-13(12)11-19(2)17(20)15-10-14(18)8-9-16(15)21-3/h4-10H,11H2,1-3H3. The highest BCUT2D eigenvalue weighted by Gasteiger charge is 2.18. The Bertz CT molecular complexity index is 655. The summed E-state index contributed by atoms with van der Waals surface area (Å²) in [5.41, 5.74) is 2.40. The summed E-state index contributed by atoms with van der Waals surface area (Å²) in [6, 6.07) is 11.8. The first-order chi connectivity index (χ1) is 10.0. The van der Waals surface area contributed by atoms with Gasteiger partial charge in [0.05, 0.1) is 12.7 Å². The van der Waals surface area contributed by atoms with E-state index in [1.54, 1.807) is 11.9 Å². The number of hydrogen-bond donors (Lipinski definition) is 0. The van der Waals surface area contributed by atoms with Crippen LogP contribution in [0.15, 0.2) is 42.5 Å². The topological polar surface area (TPSA) is 29.5 Å². The number of aryl methyl sites for hydroxylation is 1. The van der Waals surface area contributed by atoms with E-state index in [2.05, 4.69) is 0 Å². The molecule has 0 aromatic heterocycles. The van der Waals surface area contributed by atoms with E-state index in [-0.39, 0.29) is 11.5 Å². The first-order valence-electron chi connectivity index (χ1n) is 6.66. The van der Waals surface area contributed by atoms with Crippen molar-refractivity contribution in [2.24, 2.45) is 0 Å². The monoisotopic (exact) mass is 287 g/mol. The number of carbonyl (C=O) groups is 1. The molecule has 4 heteroatoms. The lowest BCUT2D eigenvalue weighted by Gasteiger charge is -2.19. The van der Waals surface area contributed by atoms with Crippen molar-refractivity contribution in [3.8, 4) is 5.75 Å². The van der Waals surface area contributed by atoms with Gasteiger partial charge in [0.25, 0.3) is 5.91 Å².